The number of carbonyl (C=O) groups excluding carboxylic acids is 1. The van der Waals surface area contributed by atoms with E-state index in [-0.39, 0.29) is 16.5 Å². The molecule has 1 amide bonds. The molecule has 31 heavy (non-hydrogen) atoms. The Hall–Kier alpha value is -3.26. The molecule has 0 saturated heterocycles. The van der Waals surface area contributed by atoms with Crippen LogP contribution in [-0.4, -0.2) is 20.2 Å². The third-order valence-electron chi connectivity index (χ3n) is 4.77. The third-order valence-corrected chi connectivity index (χ3v) is 5.95. The minimum Gasteiger partial charge on any atom is -0.266 e. The number of halogens is 1. The molecule has 1 aliphatic heterocycles. The summed E-state index contributed by atoms with van der Waals surface area (Å²) < 4.78 is 23.2. The van der Waals surface area contributed by atoms with Crippen LogP contribution in [0.4, 0.5) is 5.69 Å². The van der Waals surface area contributed by atoms with Crippen molar-refractivity contribution < 1.29 is 13.2 Å². The van der Waals surface area contributed by atoms with E-state index in [0.717, 1.165) is 11.1 Å². The van der Waals surface area contributed by atoms with E-state index in [9.17, 15) is 13.2 Å². The zero-order chi connectivity index (χ0) is 22.2. The highest BCUT2D eigenvalue weighted by Crippen LogP contribution is 2.29. The van der Waals surface area contributed by atoms with Gasteiger partial charge in [0.15, 0.2) is 0 Å². The Morgan fingerprint density at radius 2 is 1.55 bits per heavy atom. The molecule has 0 unspecified atom stereocenters. The maximum atomic E-state index is 13.3. The molecule has 0 aliphatic carbocycles. The summed E-state index contributed by atoms with van der Waals surface area (Å²) in [7, 11) is -3.84. The lowest BCUT2D eigenvalue weighted by molar-refractivity contribution is -0.113. The number of amides is 1. The molecule has 0 radical (unpaired) electrons. The number of sulfonamides is 1. The molecule has 0 fully saturated rings. The Kier molecular flexibility index (Phi) is 5.49. The van der Waals surface area contributed by atoms with Crippen molar-refractivity contribution in [2.45, 2.75) is 11.8 Å². The Labute approximate surface area is 185 Å². The molecule has 1 aliphatic rings. The standard InChI is InChI=1S/C23H18ClN3O3S/c1-15-2-4-16(5-3-15)14-21-23(28)27(19-10-12-20(13-11-19)31(25,29)30)22(26-21)17-6-8-18(24)9-7-17/h2-14H,1H3,(H2,25,29,30)/b21-14+. The number of hydrogen-bond acceptors (Lipinski definition) is 4. The summed E-state index contributed by atoms with van der Waals surface area (Å²) in [6.07, 6.45) is 1.72. The second-order valence-electron chi connectivity index (χ2n) is 7.06. The first-order chi connectivity index (χ1) is 14.7. The monoisotopic (exact) mass is 451 g/mol. The van der Waals surface area contributed by atoms with E-state index < -0.39 is 10.0 Å². The van der Waals surface area contributed by atoms with Gasteiger partial charge in [-0.1, -0.05) is 41.4 Å². The van der Waals surface area contributed by atoms with E-state index in [2.05, 4.69) is 4.99 Å². The van der Waals surface area contributed by atoms with Crippen LogP contribution in [0.2, 0.25) is 5.02 Å². The fourth-order valence-corrected chi connectivity index (χ4v) is 3.80. The summed E-state index contributed by atoms with van der Waals surface area (Å²) in [6.45, 7) is 1.99. The molecule has 4 rings (SSSR count). The largest absolute Gasteiger partial charge is 0.282 e. The fraction of sp³-hybridized carbons (Fsp3) is 0.0435. The molecular formula is C23H18ClN3O3S. The van der Waals surface area contributed by atoms with Gasteiger partial charge in [-0.3, -0.25) is 9.69 Å². The minimum atomic E-state index is -3.84. The van der Waals surface area contributed by atoms with Crippen molar-refractivity contribution in [2.75, 3.05) is 4.90 Å². The molecule has 3 aromatic rings. The highest BCUT2D eigenvalue weighted by molar-refractivity contribution is 7.89. The Morgan fingerprint density at radius 1 is 0.935 bits per heavy atom. The number of nitrogens with zero attached hydrogens (tertiary/aromatic N) is 2. The van der Waals surface area contributed by atoms with Crippen LogP contribution in [0.5, 0.6) is 0 Å². The van der Waals surface area contributed by atoms with Crippen molar-refractivity contribution in [3.05, 3.63) is 100 Å². The Balaban J connectivity index is 1.80. The number of aryl methyl sites for hydroxylation is 1. The number of carbonyl (C=O) groups is 1. The van der Waals surface area contributed by atoms with Crippen LogP contribution in [0.15, 0.2) is 88.4 Å². The third kappa shape index (κ3) is 4.44. The smallest absolute Gasteiger partial charge is 0.266 e. The van der Waals surface area contributed by atoms with E-state index in [1.807, 2.05) is 31.2 Å². The first kappa shape index (κ1) is 21.0. The molecular weight excluding hydrogens is 434 g/mol. The predicted molar refractivity (Wildman–Crippen MR) is 122 cm³/mol. The van der Waals surface area contributed by atoms with Gasteiger partial charge in [0.1, 0.15) is 11.5 Å². The molecule has 1 heterocycles. The van der Waals surface area contributed by atoms with Gasteiger partial charge in [0, 0.05) is 10.6 Å². The molecule has 2 N–H and O–H groups in total. The molecule has 0 atom stereocenters. The number of amidine groups is 1. The molecule has 0 bridgehead atoms. The van der Waals surface area contributed by atoms with Crippen molar-refractivity contribution in [1.82, 2.24) is 0 Å². The van der Waals surface area contributed by atoms with Gasteiger partial charge in [-0.15, -0.1) is 0 Å². The summed E-state index contributed by atoms with van der Waals surface area (Å²) in [5.74, 6) is 0.0947. The van der Waals surface area contributed by atoms with Gasteiger partial charge in [0.05, 0.1) is 10.6 Å². The highest BCUT2D eigenvalue weighted by atomic mass is 35.5. The normalized spacial score (nSPS) is 15.5. The molecule has 156 valence electrons. The van der Waals surface area contributed by atoms with Gasteiger partial charge < -0.3 is 0 Å². The Bertz CT molecular complexity index is 1310. The number of nitrogens with two attached hydrogens (primary N) is 1. The van der Waals surface area contributed by atoms with Crippen molar-refractivity contribution >= 4 is 45.1 Å². The van der Waals surface area contributed by atoms with Crippen LogP contribution in [0.1, 0.15) is 16.7 Å². The predicted octanol–water partition coefficient (Wildman–Crippen LogP) is 4.13. The number of benzene rings is 3. The first-order valence-corrected chi connectivity index (χ1v) is 11.3. The maximum Gasteiger partial charge on any atom is 0.282 e. The molecule has 0 saturated carbocycles. The van der Waals surface area contributed by atoms with E-state index in [0.29, 0.717) is 22.1 Å². The zero-order valence-corrected chi connectivity index (χ0v) is 18.1. The number of rotatable bonds is 4. The van der Waals surface area contributed by atoms with Crippen molar-refractivity contribution in [3.63, 3.8) is 0 Å². The second kappa shape index (κ2) is 8.11. The van der Waals surface area contributed by atoms with Crippen LogP contribution in [0, 0.1) is 6.92 Å². The van der Waals surface area contributed by atoms with E-state index >= 15 is 0 Å². The van der Waals surface area contributed by atoms with Crippen molar-refractivity contribution in [1.29, 1.82) is 0 Å². The average Bonchev–Trinajstić information content (AvgIpc) is 3.06. The highest BCUT2D eigenvalue weighted by Gasteiger charge is 2.32. The molecule has 3 aromatic carbocycles. The molecule has 0 aromatic heterocycles. The fourth-order valence-electron chi connectivity index (χ4n) is 3.15. The second-order valence-corrected chi connectivity index (χ2v) is 9.06. The molecule has 0 spiro atoms. The van der Waals surface area contributed by atoms with Crippen LogP contribution < -0.4 is 10.0 Å². The average molecular weight is 452 g/mol. The van der Waals surface area contributed by atoms with Crippen LogP contribution in [0.25, 0.3) is 6.08 Å². The van der Waals surface area contributed by atoms with Gasteiger partial charge in [0.25, 0.3) is 5.91 Å². The lowest BCUT2D eigenvalue weighted by Crippen LogP contribution is -2.32. The van der Waals surface area contributed by atoms with Crippen LogP contribution in [-0.2, 0) is 14.8 Å². The van der Waals surface area contributed by atoms with Gasteiger partial charge >= 0.3 is 0 Å². The first-order valence-electron chi connectivity index (χ1n) is 9.33. The quantitative estimate of drug-likeness (QED) is 0.604. The van der Waals surface area contributed by atoms with E-state index in [4.69, 9.17) is 16.7 Å². The number of aliphatic imine (C=N–C) groups is 1. The van der Waals surface area contributed by atoms with E-state index in [1.54, 1.807) is 30.3 Å². The summed E-state index contributed by atoms with van der Waals surface area (Å²) in [4.78, 5) is 19.3. The van der Waals surface area contributed by atoms with Crippen molar-refractivity contribution in [2.24, 2.45) is 10.1 Å². The molecule has 6 nitrogen and oxygen atoms in total. The summed E-state index contributed by atoms with van der Waals surface area (Å²) in [5, 5.41) is 5.75. The summed E-state index contributed by atoms with van der Waals surface area (Å²) in [6, 6.07) is 20.5. The van der Waals surface area contributed by atoms with Crippen LogP contribution in [0.3, 0.4) is 0 Å². The van der Waals surface area contributed by atoms with Gasteiger partial charge in [0.2, 0.25) is 10.0 Å². The summed E-state index contributed by atoms with van der Waals surface area (Å²) in [5.41, 5.74) is 3.39. The number of hydrogen-bond donors (Lipinski definition) is 1. The van der Waals surface area contributed by atoms with Gasteiger partial charge in [-0.2, -0.15) is 0 Å². The summed E-state index contributed by atoms with van der Waals surface area (Å²) >= 11 is 6.01. The lowest BCUT2D eigenvalue weighted by Gasteiger charge is -2.19. The lowest BCUT2D eigenvalue weighted by atomic mass is 10.1. The molecule has 8 heteroatoms. The number of anilines is 1. The van der Waals surface area contributed by atoms with Crippen molar-refractivity contribution in [3.8, 4) is 0 Å². The zero-order valence-electron chi connectivity index (χ0n) is 16.5. The van der Waals surface area contributed by atoms with Crippen LogP contribution >= 0.6 is 11.6 Å². The SMILES string of the molecule is Cc1ccc(/C=C2/N=C(c3ccc(Cl)cc3)N(c3ccc(S(N)(=O)=O)cc3)C2=O)cc1. The minimum absolute atomic E-state index is 0.0386. The van der Waals surface area contributed by atoms with Gasteiger partial charge in [-0.05, 0) is 67.1 Å². The van der Waals surface area contributed by atoms with E-state index in [1.165, 1.54) is 29.2 Å². The topological polar surface area (TPSA) is 92.8 Å². The van der Waals surface area contributed by atoms with Gasteiger partial charge in [-0.25, -0.2) is 18.5 Å². The maximum absolute atomic E-state index is 13.3. The Morgan fingerprint density at radius 3 is 2.13 bits per heavy atom. The number of primary sulfonamides is 1.